The van der Waals surface area contributed by atoms with E-state index >= 15 is 0 Å². The van der Waals surface area contributed by atoms with Crippen LogP contribution < -0.4 is 10.6 Å². The number of morpholine rings is 1. The minimum Gasteiger partial charge on any atom is -0.443 e. The topological polar surface area (TPSA) is 139 Å². The lowest BCUT2D eigenvalue weighted by molar-refractivity contribution is 0.0299. The lowest BCUT2D eigenvalue weighted by Crippen LogP contribution is -2.40. The van der Waals surface area contributed by atoms with Gasteiger partial charge in [0.15, 0.2) is 17.3 Å². The lowest BCUT2D eigenvalue weighted by atomic mass is 10.0. The largest absolute Gasteiger partial charge is 0.443 e. The van der Waals surface area contributed by atoms with Gasteiger partial charge in [0.1, 0.15) is 17.8 Å². The van der Waals surface area contributed by atoms with Gasteiger partial charge in [0.2, 0.25) is 0 Å². The van der Waals surface area contributed by atoms with Crippen LogP contribution in [-0.2, 0) is 9.47 Å². The minimum atomic E-state index is -1.25. The molecule has 1 aliphatic heterocycles. The molecule has 0 aromatic carbocycles. The molecule has 12 nitrogen and oxygen atoms in total. The van der Waals surface area contributed by atoms with Crippen LogP contribution in [0.15, 0.2) is 18.3 Å². The van der Waals surface area contributed by atoms with Gasteiger partial charge in [-0.3, -0.25) is 9.89 Å². The van der Waals surface area contributed by atoms with Crippen molar-refractivity contribution >= 4 is 29.2 Å². The molecule has 2 amide bonds. The summed E-state index contributed by atoms with van der Waals surface area (Å²) in [5.41, 5.74) is 2.20. The normalized spacial score (nSPS) is 24.4. The van der Waals surface area contributed by atoms with Crippen molar-refractivity contribution in [3.05, 3.63) is 35.4 Å². The maximum Gasteiger partial charge on any atom is 0.407 e. The van der Waals surface area contributed by atoms with Crippen LogP contribution in [0, 0.1) is 6.92 Å². The highest BCUT2D eigenvalue weighted by Gasteiger charge is 2.42. The van der Waals surface area contributed by atoms with Gasteiger partial charge < -0.3 is 25.0 Å². The van der Waals surface area contributed by atoms with Crippen molar-refractivity contribution in [1.82, 2.24) is 35.0 Å². The molecule has 3 aliphatic rings. The number of aromatic nitrogens is 5. The van der Waals surface area contributed by atoms with E-state index in [4.69, 9.17) is 9.47 Å². The number of carbonyl (C=O) groups excluding carboxylic acids is 2. The molecule has 3 fully saturated rings. The third-order valence-electron chi connectivity index (χ3n) is 7.47. The summed E-state index contributed by atoms with van der Waals surface area (Å²) in [5.74, 6) is 0.682. The molecule has 0 bridgehead atoms. The summed E-state index contributed by atoms with van der Waals surface area (Å²) in [4.78, 5) is 31.4. The van der Waals surface area contributed by atoms with Crippen molar-refractivity contribution in [1.29, 1.82) is 0 Å². The van der Waals surface area contributed by atoms with Gasteiger partial charge in [-0.15, -0.1) is 0 Å². The van der Waals surface area contributed by atoms with Crippen LogP contribution in [0.5, 0.6) is 0 Å². The Morgan fingerprint density at radius 3 is 2.79 bits per heavy atom. The highest BCUT2D eigenvalue weighted by atomic mass is 19.1. The summed E-state index contributed by atoms with van der Waals surface area (Å²) >= 11 is 0. The SMILES string of the molecule is Cc1cn2nc(C(=O)N3CCOCC3)cc2c(Nc2cc([C@H]3C[C@@H](F)[C@@H](OC(=O)NC4(C)CC4)C3)[nH]n2)n1. The fraction of sp³-hybridized carbons (Fsp3) is 0.560. The van der Waals surface area contributed by atoms with E-state index < -0.39 is 18.4 Å². The molecule has 2 saturated carbocycles. The van der Waals surface area contributed by atoms with Gasteiger partial charge in [-0.2, -0.15) is 10.2 Å². The Balaban J connectivity index is 1.15. The van der Waals surface area contributed by atoms with Crippen molar-refractivity contribution < 1.29 is 23.5 Å². The molecule has 3 atom stereocenters. The van der Waals surface area contributed by atoms with Crippen LogP contribution in [0.1, 0.15) is 60.4 Å². The van der Waals surface area contributed by atoms with E-state index in [1.165, 1.54) is 0 Å². The number of H-pyrrole nitrogens is 1. The first-order valence-corrected chi connectivity index (χ1v) is 13.0. The fourth-order valence-corrected chi connectivity index (χ4v) is 5.01. The van der Waals surface area contributed by atoms with Gasteiger partial charge in [-0.05, 0) is 39.5 Å². The van der Waals surface area contributed by atoms with Crippen molar-refractivity contribution in [2.45, 2.75) is 63.3 Å². The molecule has 1 saturated heterocycles. The molecule has 0 spiro atoms. The van der Waals surface area contributed by atoms with Crippen LogP contribution >= 0.6 is 0 Å². The van der Waals surface area contributed by atoms with Crippen molar-refractivity contribution in [2.24, 2.45) is 0 Å². The number of halogens is 1. The third-order valence-corrected chi connectivity index (χ3v) is 7.47. The number of aryl methyl sites for hydroxylation is 1. The average molecular weight is 527 g/mol. The molecule has 2 aliphatic carbocycles. The maximum absolute atomic E-state index is 14.7. The quantitative estimate of drug-likeness (QED) is 0.446. The summed E-state index contributed by atoms with van der Waals surface area (Å²) in [6, 6.07) is 3.52. The molecule has 4 heterocycles. The number of nitrogens with zero attached hydrogens (tertiary/aromatic N) is 5. The number of aromatic amines is 1. The summed E-state index contributed by atoms with van der Waals surface area (Å²) in [6.45, 7) is 5.87. The minimum absolute atomic E-state index is 0.152. The lowest BCUT2D eigenvalue weighted by Gasteiger charge is -2.25. The zero-order chi connectivity index (χ0) is 26.4. The van der Waals surface area contributed by atoms with E-state index in [0.717, 1.165) is 18.5 Å². The van der Waals surface area contributed by atoms with Crippen molar-refractivity contribution in [3.8, 4) is 0 Å². The van der Waals surface area contributed by atoms with E-state index in [9.17, 15) is 14.0 Å². The summed E-state index contributed by atoms with van der Waals surface area (Å²) in [7, 11) is 0. The number of hydrogen-bond acceptors (Lipinski definition) is 8. The smallest absolute Gasteiger partial charge is 0.407 e. The number of amides is 2. The molecule has 13 heteroatoms. The number of hydrogen-bond donors (Lipinski definition) is 3. The fourth-order valence-electron chi connectivity index (χ4n) is 5.01. The number of alkyl carbamates (subject to hydrolysis) is 1. The summed E-state index contributed by atoms with van der Waals surface area (Å²) in [5, 5.41) is 17.8. The second kappa shape index (κ2) is 9.53. The Hall–Kier alpha value is -3.74. The van der Waals surface area contributed by atoms with Gasteiger partial charge >= 0.3 is 6.09 Å². The zero-order valence-corrected chi connectivity index (χ0v) is 21.4. The average Bonchev–Trinajstić information content (AvgIpc) is 3.24. The number of fused-ring (bicyclic) bond motifs is 1. The molecule has 6 rings (SSSR count). The van der Waals surface area contributed by atoms with Crippen LogP contribution in [0.4, 0.5) is 20.8 Å². The molecule has 3 aromatic rings. The van der Waals surface area contributed by atoms with Gasteiger partial charge in [-0.1, -0.05) is 0 Å². The summed E-state index contributed by atoms with van der Waals surface area (Å²) < 4.78 is 27.1. The Morgan fingerprint density at radius 1 is 1.24 bits per heavy atom. The van der Waals surface area contributed by atoms with E-state index in [0.29, 0.717) is 61.3 Å². The maximum atomic E-state index is 14.7. The number of carbonyl (C=O) groups is 2. The predicted octanol–water partition coefficient (Wildman–Crippen LogP) is 2.84. The number of nitrogens with one attached hydrogen (secondary N) is 3. The van der Waals surface area contributed by atoms with E-state index in [2.05, 4.69) is 30.9 Å². The number of ether oxygens (including phenoxy) is 2. The van der Waals surface area contributed by atoms with Gasteiger partial charge in [0.25, 0.3) is 5.91 Å². The number of anilines is 2. The van der Waals surface area contributed by atoms with Crippen LogP contribution in [0.2, 0.25) is 0 Å². The number of rotatable bonds is 6. The molecule has 3 N–H and O–H groups in total. The Kier molecular flexibility index (Phi) is 6.17. The first kappa shape index (κ1) is 24.6. The van der Waals surface area contributed by atoms with Gasteiger partial charge in [0.05, 0.1) is 25.1 Å². The van der Waals surface area contributed by atoms with E-state index in [-0.39, 0.29) is 23.8 Å². The molecule has 38 heavy (non-hydrogen) atoms. The molecular formula is C25H31FN8O4. The Bertz CT molecular complexity index is 1360. The molecule has 202 valence electrons. The molecule has 0 unspecified atom stereocenters. The third kappa shape index (κ3) is 5.02. The van der Waals surface area contributed by atoms with Gasteiger partial charge in [0, 0.05) is 42.4 Å². The first-order valence-electron chi connectivity index (χ1n) is 13.0. The van der Waals surface area contributed by atoms with Crippen LogP contribution in [0.3, 0.4) is 0 Å². The highest BCUT2D eigenvalue weighted by molar-refractivity contribution is 5.94. The Labute approximate surface area is 218 Å². The van der Waals surface area contributed by atoms with E-state index in [1.54, 1.807) is 21.7 Å². The molecule has 3 aromatic heterocycles. The van der Waals surface area contributed by atoms with Crippen molar-refractivity contribution in [2.75, 3.05) is 31.6 Å². The molecule has 0 radical (unpaired) electrons. The van der Waals surface area contributed by atoms with Gasteiger partial charge in [-0.25, -0.2) is 18.7 Å². The zero-order valence-electron chi connectivity index (χ0n) is 21.4. The first-order chi connectivity index (χ1) is 18.3. The molecular weight excluding hydrogens is 495 g/mol. The van der Waals surface area contributed by atoms with Crippen LogP contribution in [-0.4, -0.2) is 85.8 Å². The standard InChI is InChI=1S/C25H31FN8O4/c1-14-13-34-19(11-18(32-34)23(35)33-5-7-37-8-6-33)22(27-14)28-21-12-17(30-31-21)15-9-16(26)20(10-15)38-24(36)29-25(2)3-4-25/h11-13,15-16,20H,3-10H2,1-2H3,(H,29,36)(H2,27,28,30,31)/t15-,16+,20-/m0/s1. The number of alkyl halides is 1. The van der Waals surface area contributed by atoms with E-state index in [1.807, 2.05) is 19.9 Å². The predicted molar refractivity (Wildman–Crippen MR) is 134 cm³/mol. The second-order valence-electron chi connectivity index (χ2n) is 10.6. The Morgan fingerprint density at radius 2 is 2.03 bits per heavy atom. The highest BCUT2D eigenvalue weighted by Crippen LogP contribution is 2.39. The van der Waals surface area contributed by atoms with Crippen molar-refractivity contribution in [3.63, 3.8) is 0 Å². The second-order valence-corrected chi connectivity index (χ2v) is 10.6. The monoisotopic (exact) mass is 526 g/mol. The summed E-state index contributed by atoms with van der Waals surface area (Å²) in [6.07, 6.45) is 1.57. The van der Waals surface area contributed by atoms with Crippen LogP contribution in [0.25, 0.3) is 5.52 Å².